The van der Waals surface area contributed by atoms with Crippen molar-refractivity contribution in [3.8, 4) is 45.0 Å². The molecule has 0 fully saturated rings. The van der Waals surface area contributed by atoms with E-state index in [2.05, 4.69) is 97.1 Å². The van der Waals surface area contributed by atoms with Crippen LogP contribution < -0.4 is 0 Å². The maximum Gasteiger partial charge on any atom is 0.167 e. The van der Waals surface area contributed by atoms with E-state index in [1.165, 1.54) is 0 Å². The SMILES string of the molecule is C1=CCCC(c2nc(-c3ccc4oc5cc(-c6ccccc6)cc(-c6ccccc6)c5c4c3)nc(-c3cccc4c3oc3ccccc34)n2)=C1. The number of hydrogen-bond donors (Lipinski definition) is 0. The fourth-order valence-electron chi connectivity index (χ4n) is 7.17. The average molecular weight is 644 g/mol. The Kier molecular flexibility index (Phi) is 6.56. The van der Waals surface area contributed by atoms with Crippen LogP contribution in [0.3, 0.4) is 0 Å². The van der Waals surface area contributed by atoms with Crippen LogP contribution in [0.2, 0.25) is 0 Å². The topological polar surface area (TPSA) is 65.0 Å². The Morgan fingerprint density at radius 1 is 0.460 bits per heavy atom. The summed E-state index contributed by atoms with van der Waals surface area (Å²) >= 11 is 0. The van der Waals surface area contributed by atoms with Crippen molar-refractivity contribution in [2.75, 3.05) is 0 Å². The van der Waals surface area contributed by atoms with Gasteiger partial charge in [-0.3, -0.25) is 0 Å². The number of para-hydroxylation sites is 2. The van der Waals surface area contributed by atoms with Gasteiger partial charge < -0.3 is 8.83 Å². The van der Waals surface area contributed by atoms with Gasteiger partial charge in [-0.2, -0.15) is 0 Å². The molecule has 10 rings (SSSR count). The third kappa shape index (κ3) is 4.74. The fourth-order valence-corrected chi connectivity index (χ4v) is 7.17. The van der Waals surface area contributed by atoms with Gasteiger partial charge in [-0.1, -0.05) is 109 Å². The van der Waals surface area contributed by atoms with E-state index in [1.54, 1.807) is 0 Å². The van der Waals surface area contributed by atoms with Gasteiger partial charge in [-0.05, 0) is 83.1 Å². The molecule has 0 aliphatic heterocycles. The minimum atomic E-state index is 0.583. The lowest BCUT2D eigenvalue weighted by atomic mass is 9.94. The molecule has 0 spiro atoms. The predicted molar refractivity (Wildman–Crippen MR) is 202 cm³/mol. The van der Waals surface area contributed by atoms with E-state index in [9.17, 15) is 0 Å². The predicted octanol–water partition coefficient (Wildman–Crippen LogP) is 12.1. The normalized spacial score (nSPS) is 13.1. The molecule has 0 N–H and O–H groups in total. The summed E-state index contributed by atoms with van der Waals surface area (Å²) in [5.41, 5.74) is 10.6. The standard InChI is InChI=1S/C45H29N3O2/c1-4-13-28(14-5-1)32-26-36(29-15-6-2-7-16-29)41-37-25-31(23-24-39(37)49-40(41)27-32)44-46-43(30-17-8-3-9-18-30)47-45(48-44)35-21-12-20-34-33-19-10-11-22-38(33)50-42(34)35/h1-8,10-17,19-27H,9,18H2. The fraction of sp³-hybridized carbons (Fsp3) is 0.0444. The molecule has 236 valence electrons. The first kappa shape index (κ1) is 28.4. The van der Waals surface area contributed by atoms with E-state index < -0.39 is 0 Å². The second-order valence-electron chi connectivity index (χ2n) is 12.7. The van der Waals surface area contributed by atoms with Crippen LogP contribution in [0.4, 0.5) is 0 Å². The summed E-state index contributed by atoms with van der Waals surface area (Å²) < 4.78 is 13.0. The smallest absolute Gasteiger partial charge is 0.167 e. The van der Waals surface area contributed by atoms with Gasteiger partial charge in [-0.15, -0.1) is 0 Å². The Labute approximate surface area is 287 Å². The first-order valence-electron chi connectivity index (χ1n) is 16.9. The molecule has 5 heteroatoms. The molecular weight excluding hydrogens is 615 g/mol. The van der Waals surface area contributed by atoms with Crippen LogP contribution in [-0.4, -0.2) is 15.0 Å². The number of aromatic nitrogens is 3. The van der Waals surface area contributed by atoms with Crippen molar-refractivity contribution in [2.45, 2.75) is 12.8 Å². The summed E-state index contributed by atoms with van der Waals surface area (Å²) in [6.45, 7) is 0. The van der Waals surface area contributed by atoms with E-state index >= 15 is 0 Å². The van der Waals surface area contributed by atoms with E-state index in [1.807, 2.05) is 54.6 Å². The molecule has 3 aromatic heterocycles. The van der Waals surface area contributed by atoms with Crippen molar-refractivity contribution in [2.24, 2.45) is 0 Å². The minimum absolute atomic E-state index is 0.583. The molecule has 1 aliphatic carbocycles. The highest BCUT2D eigenvalue weighted by Crippen LogP contribution is 2.42. The van der Waals surface area contributed by atoms with Gasteiger partial charge >= 0.3 is 0 Å². The Balaban J connectivity index is 1.20. The molecule has 6 aromatic carbocycles. The molecule has 5 nitrogen and oxygen atoms in total. The second-order valence-corrected chi connectivity index (χ2v) is 12.7. The minimum Gasteiger partial charge on any atom is -0.456 e. The van der Waals surface area contributed by atoms with E-state index in [0.29, 0.717) is 17.5 Å². The van der Waals surface area contributed by atoms with Gasteiger partial charge in [0.25, 0.3) is 0 Å². The van der Waals surface area contributed by atoms with Crippen LogP contribution in [0.5, 0.6) is 0 Å². The Morgan fingerprint density at radius 3 is 2.04 bits per heavy atom. The lowest BCUT2D eigenvalue weighted by Gasteiger charge is -2.12. The summed E-state index contributed by atoms with van der Waals surface area (Å²) in [5, 5.41) is 4.19. The van der Waals surface area contributed by atoms with E-state index in [-0.39, 0.29) is 0 Å². The maximum atomic E-state index is 6.57. The number of benzene rings is 6. The molecule has 50 heavy (non-hydrogen) atoms. The molecule has 0 atom stereocenters. The summed E-state index contributed by atoms with van der Waals surface area (Å²) in [5.74, 6) is 1.86. The monoisotopic (exact) mass is 643 g/mol. The zero-order chi connectivity index (χ0) is 33.0. The summed E-state index contributed by atoms with van der Waals surface area (Å²) in [6.07, 6.45) is 8.18. The summed E-state index contributed by atoms with van der Waals surface area (Å²) in [6, 6.07) is 45.9. The number of rotatable bonds is 5. The lowest BCUT2D eigenvalue weighted by Crippen LogP contribution is -2.03. The number of nitrogens with zero attached hydrogens (tertiary/aromatic N) is 3. The van der Waals surface area contributed by atoms with Crippen LogP contribution in [0.1, 0.15) is 18.7 Å². The van der Waals surface area contributed by atoms with Crippen molar-refractivity contribution in [3.63, 3.8) is 0 Å². The lowest BCUT2D eigenvalue weighted by molar-refractivity contribution is 0.669. The molecule has 0 radical (unpaired) electrons. The van der Waals surface area contributed by atoms with Crippen LogP contribution >= 0.6 is 0 Å². The van der Waals surface area contributed by atoms with Crippen molar-refractivity contribution in [1.29, 1.82) is 0 Å². The molecule has 0 bridgehead atoms. The molecule has 0 saturated carbocycles. The zero-order valence-corrected chi connectivity index (χ0v) is 27.0. The van der Waals surface area contributed by atoms with Gasteiger partial charge in [-0.25, -0.2) is 15.0 Å². The summed E-state index contributed by atoms with van der Waals surface area (Å²) in [4.78, 5) is 15.3. The molecular formula is C45H29N3O2. The van der Waals surface area contributed by atoms with Gasteiger partial charge in [0.2, 0.25) is 0 Å². The van der Waals surface area contributed by atoms with Crippen LogP contribution in [0.25, 0.3) is 94.5 Å². The van der Waals surface area contributed by atoms with Gasteiger partial charge in [0.15, 0.2) is 17.5 Å². The third-order valence-corrected chi connectivity index (χ3v) is 9.60. The number of fused-ring (bicyclic) bond motifs is 6. The van der Waals surface area contributed by atoms with Gasteiger partial charge in [0.05, 0.1) is 5.56 Å². The van der Waals surface area contributed by atoms with Crippen LogP contribution in [0, 0.1) is 0 Å². The Bertz CT molecular complexity index is 2810. The van der Waals surface area contributed by atoms with Crippen molar-refractivity contribution < 1.29 is 8.83 Å². The number of furan rings is 2. The number of allylic oxidation sites excluding steroid dienone is 4. The highest BCUT2D eigenvalue weighted by molar-refractivity contribution is 6.14. The van der Waals surface area contributed by atoms with Crippen molar-refractivity contribution in [1.82, 2.24) is 15.0 Å². The molecule has 0 saturated heterocycles. The van der Waals surface area contributed by atoms with Gasteiger partial charge in [0, 0.05) is 27.1 Å². The van der Waals surface area contributed by atoms with Crippen molar-refractivity contribution >= 4 is 49.5 Å². The van der Waals surface area contributed by atoms with E-state index in [0.717, 1.165) is 95.7 Å². The molecule has 0 unspecified atom stereocenters. The Morgan fingerprint density at radius 2 is 1.20 bits per heavy atom. The largest absolute Gasteiger partial charge is 0.456 e. The molecule has 0 amide bonds. The van der Waals surface area contributed by atoms with E-state index in [4.69, 9.17) is 23.8 Å². The number of hydrogen-bond acceptors (Lipinski definition) is 5. The van der Waals surface area contributed by atoms with Crippen LogP contribution in [0.15, 0.2) is 161 Å². The quantitative estimate of drug-likeness (QED) is 0.187. The van der Waals surface area contributed by atoms with Crippen LogP contribution in [-0.2, 0) is 0 Å². The average Bonchev–Trinajstić information content (AvgIpc) is 3.76. The second kappa shape index (κ2) is 11.5. The maximum absolute atomic E-state index is 6.57. The van der Waals surface area contributed by atoms with Crippen molar-refractivity contribution in [3.05, 3.63) is 158 Å². The molecule has 1 aliphatic rings. The van der Waals surface area contributed by atoms with Gasteiger partial charge in [0.1, 0.15) is 22.3 Å². The molecule has 9 aromatic rings. The summed E-state index contributed by atoms with van der Waals surface area (Å²) in [7, 11) is 0. The first-order chi connectivity index (χ1) is 24.8. The third-order valence-electron chi connectivity index (χ3n) is 9.60. The highest BCUT2D eigenvalue weighted by Gasteiger charge is 2.21. The first-order valence-corrected chi connectivity index (χ1v) is 16.9. The highest BCUT2D eigenvalue weighted by atomic mass is 16.3. The molecule has 3 heterocycles. The zero-order valence-electron chi connectivity index (χ0n) is 27.0. The Hall–Kier alpha value is -6.59.